The summed E-state index contributed by atoms with van der Waals surface area (Å²) >= 11 is 0. The molecule has 2 aliphatic rings. The molecule has 3 aromatic rings. The molecule has 35 heavy (non-hydrogen) atoms. The zero-order chi connectivity index (χ0) is 24.5. The third kappa shape index (κ3) is 4.94. The number of benzene rings is 1. The predicted molar refractivity (Wildman–Crippen MR) is 136 cm³/mol. The Morgan fingerprint density at radius 1 is 1.11 bits per heavy atom. The normalized spacial score (nSPS) is 24.9. The first-order valence-electron chi connectivity index (χ1n) is 12.5. The van der Waals surface area contributed by atoms with E-state index in [1.54, 1.807) is 0 Å². The van der Waals surface area contributed by atoms with Crippen LogP contribution in [0.4, 0.5) is 17.5 Å². The Balaban J connectivity index is 1.47. The number of anilines is 3. The molecule has 2 heterocycles. The van der Waals surface area contributed by atoms with Crippen molar-refractivity contribution in [3.8, 4) is 0 Å². The summed E-state index contributed by atoms with van der Waals surface area (Å²) in [5.74, 6) is -0.113. The van der Waals surface area contributed by atoms with Crippen molar-refractivity contribution in [2.45, 2.75) is 82.5 Å². The fraction of sp³-hybridized carbons (Fsp3) is 0.520. The molecule has 2 atom stereocenters. The van der Waals surface area contributed by atoms with E-state index in [0.29, 0.717) is 12.0 Å². The van der Waals surface area contributed by atoms with Gasteiger partial charge in [0.1, 0.15) is 0 Å². The lowest BCUT2D eigenvalue weighted by Crippen LogP contribution is -2.43. The van der Waals surface area contributed by atoms with Gasteiger partial charge in [-0.1, -0.05) is 12.8 Å². The van der Waals surface area contributed by atoms with Gasteiger partial charge < -0.3 is 31.8 Å². The van der Waals surface area contributed by atoms with E-state index in [1.807, 2.05) is 13.0 Å². The van der Waals surface area contributed by atoms with Crippen molar-refractivity contribution in [1.29, 1.82) is 0 Å². The van der Waals surface area contributed by atoms with Crippen LogP contribution in [0.3, 0.4) is 0 Å². The van der Waals surface area contributed by atoms with E-state index in [4.69, 9.17) is 11.5 Å². The molecule has 0 saturated heterocycles. The second-order valence-electron chi connectivity index (χ2n) is 9.95. The molecule has 2 saturated carbocycles. The highest BCUT2D eigenvalue weighted by atomic mass is 16.3. The van der Waals surface area contributed by atoms with E-state index in [1.165, 1.54) is 0 Å². The molecule has 1 aromatic carbocycles. The lowest BCUT2D eigenvalue weighted by molar-refractivity contribution is 0.0995. The number of hydrogen-bond acceptors (Lipinski definition) is 8. The van der Waals surface area contributed by atoms with Gasteiger partial charge in [-0.05, 0) is 69.2 Å². The lowest BCUT2D eigenvalue weighted by atomic mass is 9.91. The van der Waals surface area contributed by atoms with Crippen molar-refractivity contribution in [2.75, 3.05) is 10.6 Å². The Hall–Kier alpha value is -3.24. The topological polar surface area (TPSA) is 157 Å². The Kier molecular flexibility index (Phi) is 6.57. The van der Waals surface area contributed by atoms with E-state index >= 15 is 0 Å². The van der Waals surface area contributed by atoms with Crippen LogP contribution in [0.15, 0.2) is 24.4 Å². The average molecular weight is 479 g/mol. The van der Waals surface area contributed by atoms with E-state index < -0.39 is 5.91 Å². The van der Waals surface area contributed by atoms with E-state index in [-0.39, 0.29) is 29.7 Å². The van der Waals surface area contributed by atoms with Crippen molar-refractivity contribution in [3.05, 3.63) is 35.7 Å². The smallest absolute Gasteiger partial charge is 0.273 e. The lowest BCUT2D eigenvalue weighted by Gasteiger charge is -2.29. The Morgan fingerprint density at radius 2 is 1.89 bits per heavy atom. The number of fused-ring (bicyclic) bond motifs is 1. The van der Waals surface area contributed by atoms with Crippen LogP contribution in [0, 0.1) is 6.92 Å². The average Bonchev–Trinajstić information content (AvgIpc) is 3.25. The summed E-state index contributed by atoms with van der Waals surface area (Å²) in [6, 6.07) is 6.69. The number of aryl methyl sites for hydroxylation is 1. The maximum atomic E-state index is 12.1. The molecule has 0 radical (unpaired) electrons. The molecule has 7 N–H and O–H groups in total. The maximum absolute atomic E-state index is 12.1. The molecule has 0 unspecified atom stereocenters. The van der Waals surface area contributed by atoms with Crippen LogP contribution in [0.1, 0.15) is 73.5 Å². The van der Waals surface area contributed by atoms with Crippen molar-refractivity contribution < 1.29 is 9.90 Å². The van der Waals surface area contributed by atoms with Crippen LogP contribution < -0.4 is 22.1 Å². The van der Waals surface area contributed by atoms with Crippen LogP contribution in [-0.2, 0) is 0 Å². The molecule has 2 fully saturated rings. The van der Waals surface area contributed by atoms with Gasteiger partial charge in [-0.2, -0.15) is 4.98 Å². The number of nitrogens with one attached hydrogen (secondary N) is 2. The number of carbonyl (C=O) groups is 1. The van der Waals surface area contributed by atoms with Crippen LogP contribution in [0.25, 0.3) is 10.9 Å². The monoisotopic (exact) mass is 478 g/mol. The summed E-state index contributed by atoms with van der Waals surface area (Å²) in [5.41, 5.74) is 14.8. The first-order chi connectivity index (χ1) is 16.9. The highest BCUT2D eigenvalue weighted by Crippen LogP contribution is 2.35. The fourth-order valence-electron chi connectivity index (χ4n) is 5.43. The van der Waals surface area contributed by atoms with Gasteiger partial charge in [0.05, 0.1) is 11.6 Å². The molecule has 2 aliphatic carbocycles. The first kappa shape index (κ1) is 23.5. The standard InChI is InChI=1S/C25H34N8O2/c1-14-12-20(17-10-11-33(21(17)13-14)15-6-8-16(34)9-7-15)28-24-22(23(27)35)31-32-25(30-24)29-19-5-3-2-4-18(19)26/h10-13,15-16,18-19,34H,2-9,26H2,1H3,(H2,27,35)(H2,28,29,30,32)/t15-,16-,18-,19+/m0/s1. The van der Waals surface area contributed by atoms with Gasteiger partial charge >= 0.3 is 0 Å². The molecular weight excluding hydrogens is 444 g/mol. The summed E-state index contributed by atoms with van der Waals surface area (Å²) in [7, 11) is 0. The molecule has 10 heteroatoms. The molecule has 186 valence electrons. The number of amides is 1. The summed E-state index contributed by atoms with van der Waals surface area (Å²) in [6.07, 6.45) is 9.54. The second kappa shape index (κ2) is 9.79. The van der Waals surface area contributed by atoms with Crippen molar-refractivity contribution in [3.63, 3.8) is 0 Å². The highest BCUT2D eigenvalue weighted by molar-refractivity contribution is 5.99. The number of rotatable bonds is 6. The summed E-state index contributed by atoms with van der Waals surface area (Å²) in [4.78, 5) is 16.7. The van der Waals surface area contributed by atoms with Gasteiger partial charge in [0.15, 0.2) is 11.5 Å². The van der Waals surface area contributed by atoms with Gasteiger partial charge in [-0.25, -0.2) is 0 Å². The Morgan fingerprint density at radius 3 is 2.63 bits per heavy atom. The minimum Gasteiger partial charge on any atom is -0.393 e. The minimum absolute atomic E-state index is 0.0150. The van der Waals surface area contributed by atoms with Crippen molar-refractivity contribution in [1.82, 2.24) is 19.7 Å². The zero-order valence-corrected chi connectivity index (χ0v) is 20.1. The van der Waals surface area contributed by atoms with Crippen LogP contribution in [-0.4, -0.2) is 48.9 Å². The minimum atomic E-state index is -0.698. The SMILES string of the molecule is Cc1cc(Nc2nc(N[C@@H]3CCCC[C@@H]3N)nnc2C(N)=O)c2ccn([C@H]3CC[C@H](O)CC3)c2c1. The number of aliphatic hydroxyl groups is 1. The second-order valence-corrected chi connectivity index (χ2v) is 9.95. The zero-order valence-electron chi connectivity index (χ0n) is 20.1. The largest absolute Gasteiger partial charge is 0.393 e. The molecule has 1 amide bonds. The number of nitrogens with zero attached hydrogens (tertiary/aromatic N) is 4. The number of aliphatic hydroxyl groups excluding tert-OH is 1. The van der Waals surface area contributed by atoms with Crippen LogP contribution >= 0.6 is 0 Å². The van der Waals surface area contributed by atoms with Gasteiger partial charge in [-0.3, -0.25) is 4.79 Å². The van der Waals surface area contributed by atoms with Gasteiger partial charge in [0.2, 0.25) is 5.95 Å². The maximum Gasteiger partial charge on any atom is 0.273 e. The first-order valence-corrected chi connectivity index (χ1v) is 12.5. The molecule has 0 aliphatic heterocycles. The summed E-state index contributed by atoms with van der Waals surface area (Å²) in [6.45, 7) is 2.04. The van der Waals surface area contributed by atoms with E-state index in [2.05, 4.69) is 48.7 Å². The summed E-state index contributed by atoms with van der Waals surface area (Å²) in [5, 5.41) is 25.7. The quantitative estimate of drug-likeness (QED) is 0.362. The number of carbonyl (C=O) groups excluding carboxylic acids is 1. The van der Waals surface area contributed by atoms with E-state index in [9.17, 15) is 9.90 Å². The number of nitrogens with two attached hydrogens (primary N) is 2. The highest BCUT2D eigenvalue weighted by Gasteiger charge is 2.25. The van der Waals surface area contributed by atoms with Crippen LogP contribution in [0.2, 0.25) is 0 Å². The van der Waals surface area contributed by atoms with Gasteiger partial charge in [0, 0.05) is 35.4 Å². The molecular formula is C25H34N8O2. The Bertz CT molecular complexity index is 1220. The summed E-state index contributed by atoms with van der Waals surface area (Å²) < 4.78 is 2.30. The molecule has 5 rings (SSSR count). The number of hydrogen-bond donors (Lipinski definition) is 5. The Labute approximate surface area is 204 Å². The van der Waals surface area contributed by atoms with Crippen molar-refractivity contribution in [2.24, 2.45) is 11.5 Å². The van der Waals surface area contributed by atoms with E-state index in [0.717, 1.165) is 73.5 Å². The third-order valence-electron chi connectivity index (χ3n) is 7.35. The third-order valence-corrected chi connectivity index (χ3v) is 7.35. The number of aromatic nitrogens is 4. The van der Waals surface area contributed by atoms with Gasteiger partial charge in [-0.15, -0.1) is 10.2 Å². The van der Waals surface area contributed by atoms with Crippen molar-refractivity contribution >= 4 is 34.3 Å². The molecule has 0 spiro atoms. The predicted octanol–water partition coefficient (Wildman–Crippen LogP) is 3.14. The molecule has 10 nitrogen and oxygen atoms in total. The molecule has 2 aromatic heterocycles. The van der Waals surface area contributed by atoms with Crippen LogP contribution in [0.5, 0.6) is 0 Å². The number of primary amides is 1. The van der Waals surface area contributed by atoms with Gasteiger partial charge in [0.25, 0.3) is 5.91 Å². The molecule has 0 bridgehead atoms. The fourth-order valence-corrected chi connectivity index (χ4v) is 5.43.